The summed E-state index contributed by atoms with van der Waals surface area (Å²) in [6.07, 6.45) is 1.46. The zero-order valence-corrected chi connectivity index (χ0v) is 18.3. The Morgan fingerprint density at radius 1 is 1.15 bits per heavy atom. The number of aromatic carboxylic acids is 1. The largest absolute Gasteiger partial charge is 0.478 e. The number of aryl methyl sites for hydroxylation is 1. The van der Waals surface area contributed by atoms with E-state index in [-0.39, 0.29) is 21.6 Å². The normalized spacial score (nSPS) is 14.4. The molecule has 0 saturated carbocycles. The number of H-pyrrole nitrogens is 1. The molecule has 2 heterocycles. The predicted molar refractivity (Wildman–Crippen MR) is 117 cm³/mol. The van der Waals surface area contributed by atoms with Crippen LogP contribution in [0.25, 0.3) is 11.6 Å². The number of nitrogens with one attached hydrogen (secondary N) is 2. The summed E-state index contributed by atoms with van der Waals surface area (Å²) in [5.41, 5.74) is 1.84. The summed E-state index contributed by atoms with van der Waals surface area (Å²) >= 11 is 0. The number of sulfone groups is 1. The molecule has 170 valence electrons. The van der Waals surface area contributed by atoms with E-state index in [0.29, 0.717) is 28.2 Å². The van der Waals surface area contributed by atoms with Crippen molar-refractivity contribution >= 4 is 39.1 Å². The van der Waals surface area contributed by atoms with Crippen LogP contribution in [0, 0.1) is 25.5 Å². The minimum atomic E-state index is -4.07. The van der Waals surface area contributed by atoms with Gasteiger partial charge in [-0.05, 0) is 49.8 Å². The van der Waals surface area contributed by atoms with Gasteiger partial charge in [0.05, 0.1) is 21.8 Å². The number of fused-ring (bicyclic) bond motifs is 1. The third-order valence-electron chi connectivity index (χ3n) is 5.49. The van der Waals surface area contributed by atoms with E-state index in [1.165, 1.54) is 36.4 Å². The van der Waals surface area contributed by atoms with Crippen LogP contribution in [0.4, 0.5) is 14.5 Å². The Labute approximate surface area is 187 Å². The van der Waals surface area contributed by atoms with Gasteiger partial charge in [-0.25, -0.2) is 22.0 Å². The highest BCUT2D eigenvalue weighted by Crippen LogP contribution is 2.36. The Balaban J connectivity index is 1.76. The second-order valence-corrected chi connectivity index (χ2v) is 9.65. The van der Waals surface area contributed by atoms with Crippen LogP contribution in [-0.2, 0) is 20.4 Å². The molecule has 0 radical (unpaired) electrons. The molecule has 10 heteroatoms. The van der Waals surface area contributed by atoms with Crippen molar-refractivity contribution in [2.24, 2.45) is 0 Å². The molecule has 1 aromatic heterocycles. The zero-order chi connectivity index (χ0) is 24.1. The molecule has 0 fully saturated rings. The van der Waals surface area contributed by atoms with Crippen LogP contribution in [0.3, 0.4) is 0 Å². The Kier molecular flexibility index (Phi) is 5.41. The fourth-order valence-electron chi connectivity index (χ4n) is 3.84. The second kappa shape index (κ2) is 7.96. The molecule has 2 aromatic carbocycles. The minimum absolute atomic E-state index is 0.0916. The first-order valence-corrected chi connectivity index (χ1v) is 11.4. The lowest BCUT2D eigenvalue weighted by Crippen LogP contribution is -2.07. The summed E-state index contributed by atoms with van der Waals surface area (Å²) in [4.78, 5) is 26.8. The van der Waals surface area contributed by atoms with Crippen LogP contribution in [0.2, 0.25) is 0 Å². The van der Waals surface area contributed by atoms with Gasteiger partial charge >= 0.3 is 5.97 Å². The number of hydrogen-bond acceptors (Lipinski definition) is 4. The van der Waals surface area contributed by atoms with Gasteiger partial charge in [0.15, 0.2) is 21.5 Å². The highest BCUT2D eigenvalue weighted by molar-refractivity contribution is 7.90. The second-order valence-electron chi connectivity index (χ2n) is 7.66. The lowest BCUT2D eigenvalue weighted by atomic mass is 10.0. The van der Waals surface area contributed by atoms with E-state index >= 15 is 0 Å². The van der Waals surface area contributed by atoms with Gasteiger partial charge in [0, 0.05) is 28.2 Å². The first-order valence-electron chi connectivity index (χ1n) is 9.75. The first-order chi connectivity index (χ1) is 15.5. The molecule has 0 saturated heterocycles. The summed E-state index contributed by atoms with van der Waals surface area (Å²) in [5.74, 6) is -4.73. The number of carbonyl (C=O) groups is 2. The molecule has 0 unspecified atom stereocenters. The standard InChI is InChI=1S/C23H18F2N2O5S/c1-11-19(26-12(2)20(11)23(29)30)9-16-15-8-14(6-7-18(15)27-22(16)28)33(31,32)10-13-4-3-5-17(24)21(13)25/h3-9,26H,10H2,1-2H3,(H,27,28)(H,29,30)/b16-9-. The van der Waals surface area contributed by atoms with E-state index in [1.807, 2.05) is 0 Å². The van der Waals surface area contributed by atoms with E-state index in [0.717, 1.165) is 6.07 Å². The third kappa shape index (κ3) is 3.93. The number of anilines is 1. The van der Waals surface area contributed by atoms with Crippen molar-refractivity contribution < 1.29 is 31.9 Å². The third-order valence-corrected chi connectivity index (χ3v) is 7.15. The van der Waals surface area contributed by atoms with Crippen LogP contribution in [-0.4, -0.2) is 30.4 Å². The van der Waals surface area contributed by atoms with Crippen LogP contribution in [0.5, 0.6) is 0 Å². The molecule has 0 bridgehead atoms. The van der Waals surface area contributed by atoms with Gasteiger partial charge < -0.3 is 15.4 Å². The fourth-order valence-corrected chi connectivity index (χ4v) is 5.21. The lowest BCUT2D eigenvalue weighted by Gasteiger charge is -2.08. The molecule has 3 N–H and O–H groups in total. The number of carboxylic acids is 1. The van der Waals surface area contributed by atoms with Crippen molar-refractivity contribution in [3.63, 3.8) is 0 Å². The Morgan fingerprint density at radius 2 is 1.88 bits per heavy atom. The molecule has 33 heavy (non-hydrogen) atoms. The van der Waals surface area contributed by atoms with E-state index in [9.17, 15) is 31.9 Å². The number of aromatic nitrogens is 1. The minimum Gasteiger partial charge on any atom is -0.478 e. The number of rotatable bonds is 5. The number of halogens is 2. The van der Waals surface area contributed by atoms with E-state index in [4.69, 9.17) is 0 Å². The van der Waals surface area contributed by atoms with E-state index in [2.05, 4.69) is 10.3 Å². The molecule has 1 aliphatic rings. The number of carbonyl (C=O) groups excluding carboxylic acids is 1. The summed E-state index contributed by atoms with van der Waals surface area (Å²) < 4.78 is 53.3. The number of carboxylic acid groups (broad SMARTS) is 1. The fraction of sp³-hybridized carbons (Fsp3) is 0.130. The van der Waals surface area contributed by atoms with Gasteiger partial charge in [-0.15, -0.1) is 0 Å². The molecule has 1 aliphatic heterocycles. The maximum absolute atomic E-state index is 14.0. The molecular formula is C23H18F2N2O5S. The average Bonchev–Trinajstić information content (AvgIpc) is 3.20. The molecule has 0 atom stereocenters. The molecule has 4 rings (SSSR count). The van der Waals surface area contributed by atoms with Crippen molar-refractivity contribution in [3.05, 3.63) is 81.7 Å². The van der Waals surface area contributed by atoms with Gasteiger partial charge in [-0.3, -0.25) is 4.79 Å². The van der Waals surface area contributed by atoms with E-state index < -0.39 is 39.1 Å². The van der Waals surface area contributed by atoms with Crippen LogP contribution < -0.4 is 5.32 Å². The SMILES string of the molecule is Cc1[nH]c(/C=C2\C(=O)Nc3ccc(S(=O)(=O)Cc4cccc(F)c4F)cc32)c(C)c1C(=O)O. The number of benzene rings is 2. The van der Waals surface area contributed by atoms with Crippen LogP contribution >= 0.6 is 0 Å². The summed E-state index contributed by atoms with van der Waals surface area (Å²) in [7, 11) is -4.07. The molecule has 7 nitrogen and oxygen atoms in total. The van der Waals surface area contributed by atoms with E-state index in [1.54, 1.807) is 13.8 Å². The number of aromatic amines is 1. The van der Waals surface area contributed by atoms with Gasteiger partial charge in [0.25, 0.3) is 5.91 Å². The summed E-state index contributed by atoms with van der Waals surface area (Å²) in [6.45, 7) is 3.19. The van der Waals surface area contributed by atoms with Gasteiger partial charge in [0.1, 0.15) is 0 Å². The maximum Gasteiger partial charge on any atom is 0.337 e. The molecule has 1 amide bonds. The van der Waals surface area contributed by atoms with Gasteiger partial charge in [-0.2, -0.15) is 0 Å². The molecule has 0 aliphatic carbocycles. The van der Waals surface area contributed by atoms with Crippen LogP contribution in [0.15, 0.2) is 41.3 Å². The predicted octanol–water partition coefficient (Wildman–Crippen LogP) is 4.07. The van der Waals surface area contributed by atoms with Crippen molar-refractivity contribution in [3.8, 4) is 0 Å². The van der Waals surface area contributed by atoms with Crippen molar-refractivity contribution in [2.75, 3.05) is 5.32 Å². The Morgan fingerprint density at radius 3 is 2.55 bits per heavy atom. The smallest absolute Gasteiger partial charge is 0.337 e. The number of hydrogen-bond donors (Lipinski definition) is 3. The molecule has 0 spiro atoms. The highest BCUT2D eigenvalue weighted by Gasteiger charge is 2.28. The maximum atomic E-state index is 14.0. The van der Waals surface area contributed by atoms with Crippen molar-refractivity contribution in [1.29, 1.82) is 0 Å². The molecular weight excluding hydrogens is 454 g/mol. The van der Waals surface area contributed by atoms with Crippen molar-refractivity contribution in [2.45, 2.75) is 24.5 Å². The van der Waals surface area contributed by atoms with Gasteiger partial charge in [-0.1, -0.05) is 12.1 Å². The van der Waals surface area contributed by atoms with Gasteiger partial charge in [0.2, 0.25) is 0 Å². The molecule has 3 aromatic rings. The summed E-state index contributed by atoms with van der Waals surface area (Å²) in [6, 6.07) is 7.29. The Bertz CT molecular complexity index is 1470. The number of amides is 1. The average molecular weight is 472 g/mol. The van der Waals surface area contributed by atoms with Crippen molar-refractivity contribution in [1.82, 2.24) is 4.98 Å². The zero-order valence-electron chi connectivity index (χ0n) is 17.5. The topological polar surface area (TPSA) is 116 Å². The Hall–Kier alpha value is -3.79. The first kappa shape index (κ1) is 22.4. The summed E-state index contributed by atoms with van der Waals surface area (Å²) in [5, 5.41) is 12.0. The highest BCUT2D eigenvalue weighted by atomic mass is 32.2. The quantitative estimate of drug-likeness (QED) is 0.484. The van der Waals surface area contributed by atoms with Crippen LogP contribution in [0.1, 0.15) is 38.4 Å². The lowest BCUT2D eigenvalue weighted by molar-refractivity contribution is -0.110. The monoisotopic (exact) mass is 472 g/mol.